The van der Waals surface area contributed by atoms with Crippen LogP contribution in [0.1, 0.15) is 16.7 Å². The molecule has 0 bridgehead atoms. The molecular formula is C29H22IrN3-. The number of imidazole rings is 1. The van der Waals surface area contributed by atoms with Gasteiger partial charge >= 0.3 is 0 Å². The molecule has 6 aromatic rings. The molecule has 3 heterocycles. The molecule has 0 aliphatic heterocycles. The van der Waals surface area contributed by atoms with Crippen LogP contribution >= 0.6 is 0 Å². The van der Waals surface area contributed by atoms with Crippen LogP contribution in [0.15, 0.2) is 79.3 Å². The first kappa shape index (κ1) is 21.5. The minimum Gasteiger partial charge on any atom is -0.340 e. The standard InChI is InChI=1S/C29H22N3.Ir/c1-18-7-6-8-19(2)26(18)21-11-13-25-23(17-21)28-22(29-31-15-16-32(25)29)12-10-20(3)27(28)24-9-4-5-14-30-24;/h4-11,13-17H,1-3H3;/q-1;. The molecule has 3 nitrogen and oxygen atoms in total. The van der Waals surface area contributed by atoms with E-state index in [0.717, 1.165) is 38.8 Å². The Morgan fingerprint density at radius 2 is 1.61 bits per heavy atom. The second kappa shape index (κ2) is 8.22. The number of pyridine rings is 2. The minimum absolute atomic E-state index is 0. The third kappa shape index (κ3) is 3.29. The molecule has 0 atom stereocenters. The molecule has 1 radical (unpaired) electrons. The van der Waals surface area contributed by atoms with Gasteiger partial charge in [-0.3, -0.25) is 9.97 Å². The summed E-state index contributed by atoms with van der Waals surface area (Å²) in [7, 11) is 0. The van der Waals surface area contributed by atoms with Gasteiger partial charge in [-0.25, -0.2) is 0 Å². The van der Waals surface area contributed by atoms with Gasteiger partial charge in [0.25, 0.3) is 0 Å². The van der Waals surface area contributed by atoms with E-state index >= 15 is 0 Å². The molecule has 4 heteroatoms. The fourth-order valence-electron chi connectivity index (χ4n) is 4.99. The summed E-state index contributed by atoms with van der Waals surface area (Å²) in [4.78, 5) is 9.38. The molecule has 0 N–H and O–H groups in total. The van der Waals surface area contributed by atoms with Gasteiger partial charge in [-0.2, -0.15) is 0 Å². The fourth-order valence-corrected chi connectivity index (χ4v) is 4.99. The van der Waals surface area contributed by atoms with E-state index in [9.17, 15) is 0 Å². The molecule has 0 saturated carbocycles. The van der Waals surface area contributed by atoms with Crippen molar-refractivity contribution >= 4 is 27.3 Å². The van der Waals surface area contributed by atoms with E-state index in [1.807, 2.05) is 30.7 Å². The van der Waals surface area contributed by atoms with Crippen LogP contribution in [0.25, 0.3) is 49.7 Å². The normalized spacial score (nSPS) is 11.2. The summed E-state index contributed by atoms with van der Waals surface area (Å²) in [5, 5.41) is 3.36. The third-order valence-electron chi connectivity index (χ3n) is 6.41. The summed E-state index contributed by atoms with van der Waals surface area (Å²) in [5.41, 5.74) is 10.4. The molecule has 163 valence electrons. The van der Waals surface area contributed by atoms with Crippen LogP contribution in [0.5, 0.6) is 0 Å². The van der Waals surface area contributed by atoms with Crippen LogP contribution in [0.4, 0.5) is 0 Å². The van der Waals surface area contributed by atoms with Gasteiger partial charge < -0.3 is 4.40 Å². The van der Waals surface area contributed by atoms with Gasteiger partial charge in [-0.1, -0.05) is 59.7 Å². The predicted octanol–water partition coefficient (Wildman–Crippen LogP) is 7.09. The summed E-state index contributed by atoms with van der Waals surface area (Å²) >= 11 is 0. The molecule has 33 heavy (non-hydrogen) atoms. The number of aryl methyl sites for hydroxylation is 3. The fraction of sp³-hybridized carbons (Fsp3) is 0.103. The van der Waals surface area contributed by atoms with Crippen molar-refractivity contribution in [3.05, 3.63) is 102 Å². The van der Waals surface area contributed by atoms with Crippen LogP contribution in [0, 0.1) is 26.8 Å². The van der Waals surface area contributed by atoms with Crippen molar-refractivity contribution in [2.75, 3.05) is 0 Å². The van der Waals surface area contributed by atoms with Gasteiger partial charge in [-0.05, 0) is 59.7 Å². The summed E-state index contributed by atoms with van der Waals surface area (Å²) in [6.07, 6.45) is 5.75. The molecule has 0 unspecified atom stereocenters. The maximum atomic E-state index is 4.70. The van der Waals surface area contributed by atoms with Crippen LogP contribution < -0.4 is 0 Å². The van der Waals surface area contributed by atoms with Gasteiger partial charge in [-0.15, -0.1) is 17.7 Å². The average Bonchev–Trinajstić information content (AvgIpc) is 3.30. The van der Waals surface area contributed by atoms with Crippen LogP contribution in [-0.4, -0.2) is 14.4 Å². The first-order valence-electron chi connectivity index (χ1n) is 10.9. The molecule has 0 amide bonds. The van der Waals surface area contributed by atoms with Crippen LogP contribution in [0.2, 0.25) is 0 Å². The molecule has 0 aliphatic rings. The van der Waals surface area contributed by atoms with Gasteiger partial charge in [0.1, 0.15) is 0 Å². The molecule has 3 aromatic heterocycles. The molecule has 0 saturated heterocycles. The maximum Gasteiger partial charge on any atom is 0.0608 e. The summed E-state index contributed by atoms with van der Waals surface area (Å²) in [6, 6.07) is 24.9. The number of aromatic nitrogens is 3. The quantitative estimate of drug-likeness (QED) is 0.156. The van der Waals surface area contributed by atoms with E-state index in [0.29, 0.717) is 0 Å². The minimum atomic E-state index is 0. The van der Waals surface area contributed by atoms with Crippen molar-refractivity contribution in [2.45, 2.75) is 20.8 Å². The van der Waals surface area contributed by atoms with E-state index in [4.69, 9.17) is 4.98 Å². The van der Waals surface area contributed by atoms with Crippen molar-refractivity contribution in [3.63, 3.8) is 0 Å². The Labute approximate surface area is 206 Å². The van der Waals surface area contributed by atoms with E-state index in [2.05, 4.69) is 84.8 Å². The number of hydrogen-bond acceptors (Lipinski definition) is 2. The van der Waals surface area contributed by atoms with E-state index in [1.54, 1.807) is 0 Å². The van der Waals surface area contributed by atoms with E-state index in [1.165, 1.54) is 27.6 Å². The Bertz CT molecular complexity index is 1630. The van der Waals surface area contributed by atoms with Crippen molar-refractivity contribution in [2.24, 2.45) is 0 Å². The average molecular weight is 605 g/mol. The summed E-state index contributed by atoms with van der Waals surface area (Å²) in [5.74, 6) is 0. The molecule has 3 aromatic carbocycles. The zero-order chi connectivity index (χ0) is 21.8. The topological polar surface area (TPSA) is 30.2 Å². The molecule has 0 aliphatic carbocycles. The third-order valence-corrected chi connectivity index (χ3v) is 6.41. The van der Waals surface area contributed by atoms with Crippen molar-refractivity contribution < 1.29 is 20.1 Å². The summed E-state index contributed by atoms with van der Waals surface area (Å²) < 4.78 is 2.17. The smallest absolute Gasteiger partial charge is 0.0608 e. The predicted molar refractivity (Wildman–Crippen MR) is 132 cm³/mol. The molecule has 0 fully saturated rings. The van der Waals surface area contributed by atoms with E-state index in [-0.39, 0.29) is 20.1 Å². The number of benzene rings is 3. The monoisotopic (exact) mass is 605 g/mol. The largest absolute Gasteiger partial charge is 0.340 e. The SMILES string of the molecule is Cc1cccc(C)c1-c1ccc2c(c1)c1c(-c3ccccn3)c(C)c[c-]c1c1nccn21.[Ir]. The van der Waals surface area contributed by atoms with Gasteiger partial charge in [0.05, 0.1) is 11.3 Å². The first-order valence-corrected chi connectivity index (χ1v) is 10.9. The first-order chi connectivity index (χ1) is 15.6. The van der Waals surface area contributed by atoms with Gasteiger partial charge in [0, 0.05) is 44.2 Å². The number of rotatable bonds is 2. The second-order valence-corrected chi connectivity index (χ2v) is 8.43. The van der Waals surface area contributed by atoms with Gasteiger partial charge in [0.15, 0.2) is 0 Å². The van der Waals surface area contributed by atoms with E-state index < -0.39 is 0 Å². The number of hydrogen-bond donors (Lipinski definition) is 0. The van der Waals surface area contributed by atoms with Crippen molar-refractivity contribution in [1.29, 1.82) is 0 Å². The molecule has 0 spiro atoms. The second-order valence-electron chi connectivity index (χ2n) is 8.43. The Morgan fingerprint density at radius 3 is 2.36 bits per heavy atom. The Kier molecular flexibility index (Phi) is 5.36. The Morgan fingerprint density at radius 1 is 0.788 bits per heavy atom. The Balaban J connectivity index is 0.00000228. The van der Waals surface area contributed by atoms with Crippen molar-refractivity contribution in [3.8, 4) is 22.4 Å². The van der Waals surface area contributed by atoms with Crippen molar-refractivity contribution in [1.82, 2.24) is 14.4 Å². The zero-order valence-electron chi connectivity index (χ0n) is 18.7. The van der Waals surface area contributed by atoms with Crippen LogP contribution in [0.3, 0.4) is 0 Å². The zero-order valence-corrected chi connectivity index (χ0v) is 21.1. The van der Waals surface area contributed by atoms with Crippen LogP contribution in [-0.2, 0) is 20.1 Å². The maximum absolute atomic E-state index is 4.70. The molecular weight excluding hydrogens is 583 g/mol. The van der Waals surface area contributed by atoms with Gasteiger partial charge in [0.2, 0.25) is 0 Å². The summed E-state index contributed by atoms with van der Waals surface area (Å²) in [6.45, 7) is 6.50. The Hall–Kier alpha value is -3.33. The number of nitrogens with zero attached hydrogens (tertiary/aromatic N) is 3. The molecule has 6 rings (SSSR count). The number of fused-ring (bicyclic) bond motifs is 6.